The summed E-state index contributed by atoms with van der Waals surface area (Å²) in [5.41, 5.74) is 0. The van der Waals surface area contributed by atoms with Gasteiger partial charge in [-0.05, 0) is 6.92 Å². The van der Waals surface area contributed by atoms with Crippen LogP contribution in [0.15, 0.2) is 0 Å². The fourth-order valence-corrected chi connectivity index (χ4v) is 1.70. The fourth-order valence-electron chi connectivity index (χ4n) is 1.70. The second-order valence-corrected chi connectivity index (χ2v) is 4.27. The second kappa shape index (κ2) is 8.84. The van der Waals surface area contributed by atoms with Crippen molar-refractivity contribution >= 4 is 11.8 Å². The van der Waals surface area contributed by atoms with Gasteiger partial charge in [-0.2, -0.15) is 0 Å². The summed E-state index contributed by atoms with van der Waals surface area (Å²) >= 11 is 0. The van der Waals surface area contributed by atoms with E-state index >= 15 is 0 Å². The molecule has 1 atom stereocenters. The number of hydrogen-bond donors (Lipinski definition) is 1. The Kier molecular flexibility index (Phi) is 7.39. The van der Waals surface area contributed by atoms with E-state index in [0.717, 1.165) is 0 Å². The summed E-state index contributed by atoms with van der Waals surface area (Å²) < 4.78 is 15.4. The maximum atomic E-state index is 11.7. The zero-order valence-electron chi connectivity index (χ0n) is 11.5. The van der Waals surface area contributed by atoms with Gasteiger partial charge in [0.15, 0.2) is 0 Å². The molecule has 1 fully saturated rings. The van der Waals surface area contributed by atoms with Gasteiger partial charge in [-0.15, -0.1) is 0 Å². The molecule has 7 nitrogen and oxygen atoms in total. The van der Waals surface area contributed by atoms with Crippen LogP contribution >= 0.6 is 0 Å². The Labute approximate surface area is 113 Å². The van der Waals surface area contributed by atoms with E-state index in [-0.39, 0.29) is 18.4 Å². The van der Waals surface area contributed by atoms with Gasteiger partial charge in [0.05, 0.1) is 39.6 Å². The molecule has 1 saturated heterocycles. The SMILES string of the molecule is COCCOCCOCCN1CC(=O)NC(C)C1=O. The van der Waals surface area contributed by atoms with Crippen LogP contribution in [-0.4, -0.2) is 76.0 Å². The highest BCUT2D eigenvalue weighted by molar-refractivity contribution is 5.94. The van der Waals surface area contributed by atoms with Crippen molar-refractivity contribution in [2.45, 2.75) is 13.0 Å². The summed E-state index contributed by atoms with van der Waals surface area (Å²) in [6.45, 7) is 4.68. The zero-order chi connectivity index (χ0) is 14.1. The normalized spacial score (nSPS) is 19.7. The monoisotopic (exact) mass is 274 g/mol. The van der Waals surface area contributed by atoms with E-state index in [1.165, 1.54) is 4.90 Å². The first-order valence-corrected chi connectivity index (χ1v) is 6.37. The first kappa shape index (κ1) is 15.9. The summed E-state index contributed by atoms with van der Waals surface area (Å²) in [7, 11) is 1.62. The lowest BCUT2D eigenvalue weighted by Crippen LogP contribution is -2.57. The Morgan fingerprint density at radius 1 is 1.16 bits per heavy atom. The number of ether oxygens (including phenoxy) is 3. The molecule has 0 radical (unpaired) electrons. The fraction of sp³-hybridized carbons (Fsp3) is 0.833. The molecule has 1 unspecified atom stereocenters. The Bertz CT molecular complexity index is 298. The van der Waals surface area contributed by atoms with E-state index in [2.05, 4.69) is 5.32 Å². The first-order valence-electron chi connectivity index (χ1n) is 6.37. The van der Waals surface area contributed by atoms with E-state index in [4.69, 9.17) is 14.2 Å². The maximum absolute atomic E-state index is 11.7. The van der Waals surface area contributed by atoms with E-state index < -0.39 is 6.04 Å². The minimum absolute atomic E-state index is 0.0699. The van der Waals surface area contributed by atoms with Gasteiger partial charge < -0.3 is 24.4 Å². The molecule has 19 heavy (non-hydrogen) atoms. The van der Waals surface area contributed by atoms with Gasteiger partial charge in [0.2, 0.25) is 11.8 Å². The molecule has 1 aliphatic heterocycles. The molecule has 0 spiro atoms. The van der Waals surface area contributed by atoms with Gasteiger partial charge in [0.1, 0.15) is 6.04 Å². The van der Waals surface area contributed by atoms with Gasteiger partial charge in [-0.3, -0.25) is 9.59 Å². The molecule has 0 aromatic rings. The minimum atomic E-state index is -0.446. The molecule has 1 N–H and O–H groups in total. The van der Waals surface area contributed by atoms with Crippen molar-refractivity contribution in [1.82, 2.24) is 10.2 Å². The zero-order valence-corrected chi connectivity index (χ0v) is 11.5. The molecule has 0 aromatic heterocycles. The smallest absolute Gasteiger partial charge is 0.245 e. The number of piperazine rings is 1. The van der Waals surface area contributed by atoms with Crippen LogP contribution in [0, 0.1) is 0 Å². The van der Waals surface area contributed by atoms with Crippen molar-refractivity contribution in [3.05, 3.63) is 0 Å². The number of nitrogens with zero attached hydrogens (tertiary/aromatic N) is 1. The van der Waals surface area contributed by atoms with Gasteiger partial charge in [-0.1, -0.05) is 0 Å². The lowest BCUT2D eigenvalue weighted by atomic mass is 10.2. The third kappa shape index (κ3) is 6.00. The highest BCUT2D eigenvalue weighted by Crippen LogP contribution is 2.01. The predicted octanol–water partition coefficient (Wildman–Crippen LogP) is -0.987. The summed E-state index contributed by atoms with van der Waals surface area (Å²) in [6.07, 6.45) is 0. The second-order valence-electron chi connectivity index (χ2n) is 4.27. The quantitative estimate of drug-likeness (QED) is 0.546. The topological polar surface area (TPSA) is 77.1 Å². The van der Waals surface area contributed by atoms with Gasteiger partial charge in [0.25, 0.3) is 0 Å². The van der Waals surface area contributed by atoms with E-state index in [9.17, 15) is 9.59 Å². The minimum Gasteiger partial charge on any atom is -0.382 e. The van der Waals surface area contributed by atoms with Crippen LogP contribution in [0.2, 0.25) is 0 Å². The van der Waals surface area contributed by atoms with Crippen molar-refractivity contribution < 1.29 is 23.8 Å². The van der Waals surface area contributed by atoms with Gasteiger partial charge in [0, 0.05) is 13.7 Å². The van der Waals surface area contributed by atoms with Crippen LogP contribution in [0.3, 0.4) is 0 Å². The van der Waals surface area contributed by atoms with Crippen LogP contribution < -0.4 is 5.32 Å². The van der Waals surface area contributed by atoms with Crippen LogP contribution in [0.25, 0.3) is 0 Å². The first-order chi connectivity index (χ1) is 9.15. The molecule has 110 valence electrons. The Morgan fingerprint density at radius 2 is 1.79 bits per heavy atom. The van der Waals surface area contributed by atoms with Crippen LogP contribution in [-0.2, 0) is 23.8 Å². The number of methoxy groups -OCH3 is 1. The van der Waals surface area contributed by atoms with E-state index in [1.807, 2.05) is 0 Å². The Hall–Kier alpha value is -1.18. The van der Waals surface area contributed by atoms with Crippen molar-refractivity contribution in [1.29, 1.82) is 0 Å². The lowest BCUT2D eigenvalue weighted by Gasteiger charge is -2.30. The third-order valence-corrected chi connectivity index (χ3v) is 2.70. The summed E-state index contributed by atoms with van der Waals surface area (Å²) in [5.74, 6) is -0.199. The average molecular weight is 274 g/mol. The number of rotatable bonds is 9. The molecule has 7 heteroatoms. The summed E-state index contributed by atoms with van der Waals surface area (Å²) in [5, 5.41) is 2.59. The van der Waals surface area contributed by atoms with Crippen LogP contribution in [0.5, 0.6) is 0 Å². The molecule has 2 amide bonds. The third-order valence-electron chi connectivity index (χ3n) is 2.70. The Balaban J connectivity index is 2.05. The highest BCUT2D eigenvalue weighted by Gasteiger charge is 2.28. The summed E-state index contributed by atoms with van der Waals surface area (Å²) in [4.78, 5) is 24.5. The van der Waals surface area contributed by atoms with Crippen molar-refractivity contribution in [3.63, 3.8) is 0 Å². The molecule has 1 aliphatic rings. The van der Waals surface area contributed by atoms with Crippen LogP contribution in [0.1, 0.15) is 6.92 Å². The molecule has 1 rings (SSSR count). The van der Waals surface area contributed by atoms with Crippen molar-refractivity contribution in [3.8, 4) is 0 Å². The van der Waals surface area contributed by atoms with Gasteiger partial charge >= 0.3 is 0 Å². The molecule has 0 saturated carbocycles. The number of carbonyl (C=O) groups is 2. The average Bonchev–Trinajstić information content (AvgIpc) is 2.38. The van der Waals surface area contributed by atoms with E-state index in [0.29, 0.717) is 39.6 Å². The highest BCUT2D eigenvalue weighted by atomic mass is 16.5. The molecular formula is C12H22N2O5. The summed E-state index contributed by atoms with van der Waals surface area (Å²) in [6, 6.07) is -0.446. The number of nitrogens with one attached hydrogen (secondary N) is 1. The van der Waals surface area contributed by atoms with E-state index in [1.54, 1.807) is 14.0 Å². The number of carbonyl (C=O) groups excluding carboxylic acids is 2. The number of amides is 2. The number of hydrogen-bond acceptors (Lipinski definition) is 5. The largest absolute Gasteiger partial charge is 0.382 e. The molecule has 0 aromatic carbocycles. The predicted molar refractivity (Wildman–Crippen MR) is 67.7 cm³/mol. The molecule has 0 bridgehead atoms. The maximum Gasteiger partial charge on any atom is 0.245 e. The van der Waals surface area contributed by atoms with Crippen molar-refractivity contribution in [2.75, 3.05) is 53.2 Å². The molecule has 1 heterocycles. The van der Waals surface area contributed by atoms with Crippen LogP contribution in [0.4, 0.5) is 0 Å². The van der Waals surface area contributed by atoms with Crippen molar-refractivity contribution in [2.24, 2.45) is 0 Å². The molecular weight excluding hydrogens is 252 g/mol. The molecule has 0 aliphatic carbocycles. The lowest BCUT2D eigenvalue weighted by molar-refractivity contribution is -0.144. The Morgan fingerprint density at radius 3 is 2.47 bits per heavy atom. The standard InChI is InChI=1S/C12H22N2O5/c1-10-12(16)14(9-11(15)13-10)3-4-18-7-8-19-6-5-17-2/h10H,3-9H2,1-2H3,(H,13,15). The van der Waals surface area contributed by atoms with Gasteiger partial charge in [-0.25, -0.2) is 0 Å².